The van der Waals surface area contributed by atoms with Crippen molar-refractivity contribution in [2.24, 2.45) is 4.99 Å². The van der Waals surface area contributed by atoms with Crippen molar-refractivity contribution in [2.75, 3.05) is 0 Å². The van der Waals surface area contributed by atoms with Gasteiger partial charge in [-0.05, 0) is 23.8 Å². The van der Waals surface area contributed by atoms with Crippen LogP contribution in [-0.2, 0) is 6.54 Å². The molecule has 0 radical (unpaired) electrons. The van der Waals surface area contributed by atoms with Gasteiger partial charge in [-0.3, -0.25) is 0 Å². The largest absolute Gasteiger partial charge is 0.313 e. The summed E-state index contributed by atoms with van der Waals surface area (Å²) in [6.45, 7) is 4.60. The van der Waals surface area contributed by atoms with E-state index < -0.39 is 0 Å². The van der Waals surface area contributed by atoms with Crippen molar-refractivity contribution >= 4 is 33.0 Å². The standard InChI is InChI=1S/C18H15BrN2S/c1-2-11-21-17(14-7-4-3-5-8-14)13-22-18(21)20-16-10-6-9-15(19)12-16/h2-10,12-13H,1,11H2. The van der Waals surface area contributed by atoms with Crippen molar-refractivity contribution in [3.63, 3.8) is 0 Å². The van der Waals surface area contributed by atoms with Crippen LogP contribution in [0.25, 0.3) is 11.3 Å². The van der Waals surface area contributed by atoms with Gasteiger partial charge >= 0.3 is 0 Å². The lowest BCUT2D eigenvalue weighted by molar-refractivity contribution is 0.800. The Kier molecular flexibility index (Phi) is 4.71. The number of nitrogens with zero attached hydrogens (tertiary/aromatic N) is 2. The SMILES string of the molecule is C=CCn1c(-c2ccccc2)csc1=Nc1cccc(Br)c1. The van der Waals surface area contributed by atoms with Gasteiger partial charge in [-0.1, -0.05) is 58.4 Å². The monoisotopic (exact) mass is 370 g/mol. The molecule has 0 amide bonds. The maximum Gasteiger partial charge on any atom is 0.190 e. The summed E-state index contributed by atoms with van der Waals surface area (Å²) in [4.78, 5) is 5.74. The van der Waals surface area contributed by atoms with Crippen LogP contribution in [-0.4, -0.2) is 4.57 Å². The first-order valence-corrected chi connectivity index (χ1v) is 8.60. The Morgan fingerprint density at radius 3 is 2.68 bits per heavy atom. The second-order valence-electron chi connectivity index (χ2n) is 4.76. The van der Waals surface area contributed by atoms with E-state index in [0.717, 1.165) is 21.5 Å². The van der Waals surface area contributed by atoms with E-state index in [1.54, 1.807) is 11.3 Å². The molecular formula is C18H15BrN2S. The van der Waals surface area contributed by atoms with Crippen molar-refractivity contribution < 1.29 is 0 Å². The molecule has 0 unspecified atom stereocenters. The quantitative estimate of drug-likeness (QED) is 0.547. The van der Waals surface area contributed by atoms with Gasteiger partial charge in [0, 0.05) is 16.4 Å². The molecule has 0 bridgehead atoms. The predicted octanol–water partition coefficient (Wildman–Crippen LogP) is 5.40. The molecule has 0 aliphatic rings. The maximum atomic E-state index is 4.77. The van der Waals surface area contributed by atoms with Gasteiger partial charge < -0.3 is 4.57 Å². The Labute approximate surface area is 142 Å². The van der Waals surface area contributed by atoms with Crippen LogP contribution in [0.5, 0.6) is 0 Å². The molecule has 0 aliphatic carbocycles. The smallest absolute Gasteiger partial charge is 0.190 e. The molecule has 2 nitrogen and oxygen atoms in total. The van der Waals surface area contributed by atoms with Crippen molar-refractivity contribution in [2.45, 2.75) is 6.54 Å². The number of hydrogen-bond acceptors (Lipinski definition) is 2. The first-order chi connectivity index (χ1) is 10.8. The predicted molar refractivity (Wildman–Crippen MR) is 97.3 cm³/mol. The molecule has 3 aromatic rings. The summed E-state index contributed by atoms with van der Waals surface area (Å²) in [6.07, 6.45) is 1.90. The lowest BCUT2D eigenvalue weighted by Gasteiger charge is -2.06. The second-order valence-corrected chi connectivity index (χ2v) is 6.51. The summed E-state index contributed by atoms with van der Waals surface area (Å²) in [5.41, 5.74) is 3.30. The molecule has 22 heavy (non-hydrogen) atoms. The number of halogens is 1. The zero-order valence-electron chi connectivity index (χ0n) is 11.9. The second kappa shape index (κ2) is 6.90. The van der Waals surface area contributed by atoms with Crippen LogP contribution in [0.1, 0.15) is 0 Å². The maximum absolute atomic E-state index is 4.77. The minimum Gasteiger partial charge on any atom is -0.313 e. The average Bonchev–Trinajstić information content (AvgIpc) is 2.91. The van der Waals surface area contributed by atoms with Crippen molar-refractivity contribution in [3.05, 3.63) is 81.9 Å². The summed E-state index contributed by atoms with van der Waals surface area (Å²) < 4.78 is 3.22. The summed E-state index contributed by atoms with van der Waals surface area (Å²) in [5.74, 6) is 0. The van der Waals surface area contributed by atoms with Crippen molar-refractivity contribution in [1.29, 1.82) is 0 Å². The molecule has 0 saturated heterocycles. The van der Waals surface area contributed by atoms with Crippen LogP contribution in [0.15, 0.2) is 82.1 Å². The number of benzene rings is 2. The van der Waals surface area contributed by atoms with Gasteiger partial charge in [0.1, 0.15) is 0 Å². The Morgan fingerprint density at radius 2 is 1.95 bits per heavy atom. The molecule has 110 valence electrons. The number of hydrogen-bond donors (Lipinski definition) is 0. The fourth-order valence-corrected chi connectivity index (χ4v) is 3.55. The zero-order valence-corrected chi connectivity index (χ0v) is 14.3. The summed E-state index contributed by atoms with van der Waals surface area (Å²) in [6, 6.07) is 18.4. The van der Waals surface area contributed by atoms with E-state index in [1.165, 1.54) is 11.3 Å². The lowest BCUT2D eigenvalue weighted by atomic mass is 10.2. The average molecular weight is 371 g/mol. The first-order valence-electron chi connectivity index (χ1n) is 6.93. The molecule has 1 aromatic heterocycles. The van der Waals surface area contributed by atoms with Crippen LogP contribution >= 0.6 is 27.3 Å². The van der Waals surface area contributed by atoms with E-state index in [4.69, 9.17) is 4.99 Å². The van der Waals surface area contributed by atoms with E-state index in [2.05, 4.69) is 56.7 Å². The minimum absolute atomic E-state index is 0.737. The molecule has 0 aliphatic heterocycles. The topological polar surface area (TPSA) is 17.3 Å². The summed E-state index contributed by atoms with van der Waals surface area (Å²) in [7, 11) is 0. The van der Waals surface area contributed by atoms with Crippen LogP contribution in [0.4, 0.5) is 5.69 Å². The third-order valence-electron chi connectivity index (χ3n) is 3.21. The van der Waals surface area contributed by atoms with Gasteiger partial charge in [-0.15, -0.1) is 17.9 Å². The third-order valence-corrected chi connectivity index (χ3v) is 4.57. The van der Waals surface area contributed by atoms with Crippen LogP contribution in [0.3, 0.4) is 0 Å². The van der Waals surface area contributed by atoms with Gasteiger partial charge in [-0.2, -0.15) is 0 Å². The van der Waals surface area contributed by atoms with E-state index in [9.17, 15) is 0 Å². The fraction of sp³-hybridized carbons (Fsp3) is 0.0556. The highest BCUT2D eigenvalue weighted by Gasteiger charge is 2.06. The van der Waals surface area contributed by atoms with Gasteiger partial charge in [0.15, 0.2) is 4.80 Å². The van der Waals surface area contributed by atoms with Crippen molar-refractivity contribution in [1.82, 2.24) is 4.57 Å². The van der Waals surface area contributed by atoms with Crippen LogP contribution < -0.4 is 4.80 Å². The molecule has 0 saturated carbocycles. The van der Waals surface area contributed by atoms with Crippen molar-refractivity contribution in [3.8, 4) is 11.3 Å². The van der Waals surface area contributed by atoms with Gasteiger partial charge in [0.05, 0.1) is 11.4 Å². The lowest BCUT2D eigenvalue weighted by Crippen LogP contribution is -2.14. The Bertz CT molecular complexity index is 847. The number of allylic oxidation sites excluding steroid dienone is 1. The summed E-state index contributed by atoms with van der Waals surface area (Å²) >= 11 is 5.13. The molecule has 0 spiro atoms. The van der Waals surface area contributed by atoms with E-state index in [1.807, 2.05) is 36.4 Å². The Morgan fingerprint density at radius 1 is 1.14 bits per heavy atom. The molecule has 3 rings (SSSR count). The van der Waals surface area contributed by atoms with E-state index in [-0.39, 0.29) is 0 Å². The highest BCUT2D eigenvalue weighted by molar-refractivity contribution is 9.10. The van der Waals surface area contributed by atoms with Crippen LogP contribution in [0.2, 0.25) is 0 Å². The number of thiazole rings is 1. The first kappa shape index (κ1) is 15.0. The Hall–Kier alpha value is -1.91. The molecule has 1 heterocycles. The van der Waals surface area contributed by atoms with Crippen LogP contribution in [0, 0.1) is 0 Å². The minimum atomic E-state index is 0.737. The highest BCUT2D eigenvalue weighted by Crippen LogP contribution is 2.21. The highest BCUT2D eigenvalue weighted by atomic mass is 79.9. The fourth-order valence-electron chi connectivity index (χ4n) is 2.22. The van der Waals surface area contributed by atoms with Gasteiger partial charge in [0.2, 0.25) is 0 Å². The molecule has 2 aromatic carbocycles. The number of aromatic nitrogens is 1. The molecule has 4 heteroatoms. The van der Waals surface area contributed by atoms with E-state index >= 15 is 0 Å². The molecule has 0 fully saturated rings. The zero-order chi connectivity index (χ0) is 15.4. The summed E-state index contributed by atoms with van der Waals surface area (Å²) in [5, 5.41) is 2.15. The molecule has 0 N–H and O–H groups in total. The van der Waals surface area contributed by atoms with Gasteiger partial charge in [0.25, 0.3) is 0 Å². The Balaban J connectivity index is 2.13. The molecule has 0 atom stereocenters. The number of rotatable bonds is 4. The van der Waals surface area contributed by atoms with E-state index in [0.29, 0.717) is 0 Å². The molecular weight excluding hydrogens is 356 g/mol. The normalized spacial score (nSPS) is 11.6. The van der Waals surface area contributed by atoms with Gasteiger partial charge in [-0.25, -0.2) is 4.99 Å². The third kappa shape index (κ3) is 3.29.